The van der Waals surface area contributed by atoms with Crippen molar-refractivity contribution in [3.63, 3.8) is 0 Å². The smallest absolute Gasteiger partial charge is 0.335 e. The van der Waals surface area contributed by atoms with Crippen molar-refractivity contribution in [3.05, 3.63) is 29.3 Å². The van der Waals surface area contributed by atoms with E-state index in [0.29, 0.717) is 10.1 Å². The molecule has 0 unspecified atom stereocenters. The fourth-order valence-electron chi connectivity index (χ4n) is 1.15. The molecule has 4 nitrogen and oxygen atoms in total. The van der Waals surface area contributed by atoms with Crippen molar-refractivity contribution < 1.29 is 14.7 Å². The van der Waals surface area contributed by atoms with Crippen molar-refractivity contribution in [1.82, 2.24) is 0 Å². The average molecular weight is 319 g/mol. The summed E-state index contributed by atoms with van der Waals surface area (Å²) < 4.78 is 0.647. The fourth-order valence-corrected chi connectivity index (χ4v) is 1.78. The number of anilines is 1. The minimum atomic E-state index is -0.963. The third kappa shape index (κ3) is 3.19. The molecule has 0 atom stereocenters. The minimum absolute atomic E-state index is 0.163. The van der Waals surface area contributed by atoms with Gasteiger partial charge in [0, 0.05) is 17.0 Å². The van der Waals surface area contributed by atoms with Crippen LogP contribution in [-0.4, -0.2) is 17.0 Å². The third-order valence-corrected chi connectivity index (χ3v) is 2.63. The second-order valence-electron chi connectivity index (χ2n) is 2.99. The van der Waals surface area contributed by atoms with E-state index in [2.05, 4.69) is 27.9 Å². The standard InChI is InChI=1S/C10H10INO3/c1-6(13)12-9-3-2-7(10(14)15)4-8(9)5-11/h2-4H,5H2,1H3,(H,12,13)(H,14,15). The van der Waals surface area contributed by atoms with Gasteiger partial charge in [-0.05, 0) is 23.8 Å². The molecule has 0 fully saturated rings. The minimum Gasteiger partial charge on any atom is -0.478 e. The SMILES string of the molecule is CC(=O)Nc1ccc(C(=O)O)cc1CI. The van der Waals surface area contributed by atoms with Crippen LogP contribution in [0.25, 0.3) is 0 Å². The lowest BCUT2D eigenvalue weighted by Crippen LogP contribution is -2.08. The fraction of sp³-hybridized carbons (Fsp3) is 0.200. The van der Waals surface area contributed by atoms with Gasteiger partial charge in [-0.25, -0.2) is 4.79 Å². The first-order valence-electron chi connectivity index (χ1n) is 4.24. The number of rotatable bonds is 3. The van der Waals surface area contributed by atoms with E-state index >= 15 is 0 Å². The Kier molecular flexibility index (Phi) is 4.07. The van der Waals surface area contributed by atoms with E-state index in [0.717, 1.165) is 5.56 Å². The number of halogens is 1. The topological polar surface area (TPSA) is 66.4 Å². The van der Waals surface area contributed by atoms with Gasteiger partial charge in [0.2, 0.25) is 5.91 Å². The Morgan fingerprint density at radius 3 is 2.60 bits per heavy atom. The van der Waals surface area contributed by atoms with Crippen LogP contribution in [0.15, 0.2) is 18.2 Å². The molecular formula is C10H10INO3. The summed E-state index contributed by atoms with van der Waals surface area (Å²) in [7, 11) is 0. The lowest BCUT2D eigenvalue weighted by Gasteiger charge is -2.08. The van der Waals surface area contributed by atoms with Crippen molar-refractivity contribution in [2.75, 3.05) is 5.32 Å². The monoisotopic (exact) mass is 319 g/mol. The summed E-state index contributed by atoms with van der Waals surface area (Å²) >= 11 is 2.12. The van der Waals surface area contributed by atoms with Gasteiger partial charge < -0.3 is 10.4 Å². The molecular weight excluding hydrogens is 309 g/mol. The highest BCUT2D eigenvalue weighted by Gasteiger charge is 2.08. The van der Waals surface area contributed by atoms with Crippen molar-refractivity contribution in [2.45, 2.75) is 11.4 Å². The summed E-state index contributed by atoms with van der Waals surface area (Å²) in [6, 6.07) is 4.66. The molecule has 1 aromatic rings. The van der Waals surface area contributed by atoms with Crippen LogP contribution in [-0.2, 0) is 9.22 Å². The number of carbonyl (C=O) groups is 2. The Hall–Kier alpha value is -1.11. The molecule has 5 heteroatoms. The Morgan fingerprint density at radius 2 is 2.13 bits per heavy atom. The average Bonchev–Trinajstić information content (AvgIpc) is 2.17. The Bertz CT molecular complexity index is 404. The van der Waals surface area contributed by atoms with Gasteiger partial charge in [0.05, 0.1) is 5.56 Å². The van der Waals surface area contributed by atoms with E-state index in [9.17, 15) is 9.59 Å². The molecule has 1 rings (SSSR count). The van der Waals surface area contributed by atoms with E-state index in [-0.39, 0.29) is 11.5 Å². The molecule has 1 aromatic carbocycles. The molecule has 0 heterocycles. The number of carboxylic acids is 1. The Morgan fingerprint density at radius 1 is 1.47 bits per heavy atom. The van der Waals surface area contributed by atoms with Gasteiger partial charge >= 0.3 is 5.97 Å². The van der Waals surface area contributed by atoms with E-state index in [4.69, 9.17) is 5.11 Å². The first kappa shape index (κ1) is 12.0. The first-order valence-corrected chi connectivity index (χ1v) is 5.77. The lowest BCUT2D eigenvalue weighted by molar-refractivity contribution is -0.114. The summed E-state index contributed by atoms with van der Waals surface area (Å²) in [5.74, 6) is -1.13. The molecule has 0 radical (unpaired) electrons. The molecule has 0 aromatic heterocycles. The molecule has 0 saturated carbocycles. The number of alkyl halides is 1. The van der Waals surface area contributed by atoms with Crippen molar-refractivity contribution >= 4 is 40.2 Å². The van der Waals surface area contributed by atoms with E-state index in [1.807, 2.05) is 0 Å². The second-order valence-corrected chi connectivity index (χ2v) is 3.75. The van der Waals surface area contributed by atoms with Gasteiger partial charge in [-0.3, -0.25) is 4.79 Å². The van der Waals surface area contributed by atoms with E-state index in [1.165, 1.54) is 13.0 Å². The molecule has 0 aliphatic rings. The van der Waals surface area contributed by atoms with Gasteiger partial charge in [0.25, 0.3) is 0 Å². The van der Waals surface area contributed by atoms with Crippen LogP contribution in [0, 0.1) is 0 Å². The number of carbonyl (C=O) groups excluding carboxylic acids is 1. The number of nitrogens with one attached hydrogen (secondary N) is 1. The van der Waals surface area contributed by atoms with Crippen LogP contribution in [0.3, 0.4) is 0 Å². The summed E-state index contributed by atoms with van der Waals surface area (Å²) in [6.45, 7) is 1.42. The highest BCUT2D eigenvalue weighted by Crippen LogP contribution is 2.20. The van der Waals surface area contributed by atoms with Gasteiger partial charge in [-0.15, -0.1) is 0 Å². The molecule has 2 N–H and O–H groups in total. The number of carboxylic acid groups (broad SMARTS) is 1. The van der Waals surface area contributed by atoms with Crippen molar-refractivity contribution in [1.29, 1.82) is 0 Å². The van der Waals surface area contributed by atoms with Crippen LogP contribution in [0.2, 0.25) is 0 Å². The largest absolute Gasteiger partial charge is 0.478 e. The van der Waals surface area contributed by atoms with Crippen LogP contribution in [0.5, 0.6) is 0 Å². The van der Waals surface area contributed by atoms with Gasteiger partial charge in [-0.1, -0.05) is 22.6 Å². The van der Waals surface area contributed by atoms with Crippen LogP contribution < -0.4 is 5.32 Å². The zero-order chi connectivity index (χ0) is 11.4. The maximum Gasteiger partial charge on any atom is 0.335 e. The number of amides is 1. The molecule has 0 saturated heterocycles. The summed E-state index contributed by atoms with van der Waals surface area (Å²) in [5.41, 5.74) is 1.71. The zero-order valence-electron chi connectivity index (χ0n) is 8.08. The molecule has 1 amide bonds. The zero-order valence-corrected chi connectivity index (χ0v) is 10.2. The molecule has 15 heavy (non-hydrogen) atoms. The number of hydrogen-bond donors (Lipinski definition) is 2. The molecule has 80 valence electrons. The highest BCUT2D eigenvalue weighted by molar-refractivity contribution is 14.1. The van der Waals surface area contributed by atoms with Crippen LogP contribution >= 0.6 is 22.6 Å². The number of hydrogen-bond acceptors (Lipinski definition) is 2. The second kappa shape index (κ2) is 5.11. The highest BCUT2D eigenvalue weighted by atomic mass is 127. The molecule has 0 aliphatic heterocycles. The van der Waals surface area contributed by atoms with Gasteiger partial charge in [-0.2, -0.15) is 0 Å². The number of aromatic carboxylic acids is 1. The quantitative estimate of drug-likeness (QED) is 0.663. The Balaban J connectivity index is 3.08. The predicted molar refractivity (Wildman–Crippen MR) is 65.4 cm³/mol. The maximum atomic E-state index is 10.9. The van der Waals surface area contributed by atoms with Gasteiger partial charge in [0.15, 0.2) is 0 Å². The molecule has 0 spiro atoms. The van der Waals surface area contributed by atoms with Gasteiger partial charge in [0.1, 0.15) is 0 Å². The third-order valence-electron chi connectivity index (χ3n) is 1.81. The lowest BCUT2D eigenvalue weighted by atomic mass is 10.1. The summed E-state index contributed by atoms with van der Waals surface area (Å²) in [5, 5.41) is 11.4. The molecule has 0 aliphatic carbocycles. The van der Waals surface area contributed by atoms with Crippen LogP contribution in [0.4, 0.5) is 5.69 Å². The predicted octanol–water partition coefficient (Wildman–Crippen LogP) is 2.28. The Labute approximate surface area is 101 Å². The van der Waals surface area contributed by atoms with Crippen molar-refractivity contribution in [3.8, 4) is 0 Å². The normalized spacial score (nSPS) is 9.73. The maximum absolute atomic E-state index is 10.9. The number of benzene rings is 1. The van der Waals surface area contributed by atoms with Crippen LogP contribution in [0.1, 0.15) is 22.8 Å². The van der Waals surface area contributed by atoms with Crippen molar-refractivity contribution in [2.24, 2.45) is 0 Å². The van der Waals surface area contributed by atoms with E-state index < -0.39 is 5.97 Å². The summed E-state index contributed by atoms with van der Waals surface area (Å²) in [4.78, 5) is 21.6. The first-order chi connectivity index (χ1) is 7.04. The molecule has 0 bridgehead atoms. The summed E-state index contributed by atoms with van der Waals surface area (Å²) in [6.07, 6.45) is 0. The van der Waals surface area contributed by atoms with E-state index in [1.54, 1.807) is 12.1 Å².